The first-order chi connectivity index (χ1) is 34.7. The molecule has 0 rings (SSSR count). The van der Waals surface area contributed by atoms with E-state index in [0.29, 0.717) is 19.3 Å². The van der Waals surface area contributed by atoms with Crippen molar-refractivity contribution in [2.45, 2.75) is 375 Å². The zero-order valence-corrected chi connectivity index (χ0v) is 48.9. The first kappa shape index (κ1) is 69.4. The van der Waals surface area contributed by atoms with Crippen molar-refractivity contribution in [3.8, 4) is 0 Å². The van der Waals surface area contributed by atoms with E-state index in [2.05, 4.69) is 34.6 Å². The Labute approximate surface area is 444 Å². The molecule has 0 saturated carbocycles. The first-order valence-electron chi connectivity index (χ1n) is 32.2. The fourth-order valence-electron chi connectivity index (χ4n) is 10.1. The molecule has 0 spiro atoms. The average Bonchev–Trinajstić information content (AvgIpc) is 3.35. The number of ether oxygens (including phenoxy) is 3. The van der Waals surface area contributed by atoms with Gasteiger partial charge in [-0.1, -0.05) is 330 Å². The number of carbonyl (C=O) groups is 3. The molecule has 0 aliphatic rings. The van der Waals surface area contributed by atoms with Crippen LogP contribution < -0.4 is 0 Å². The third-order valence-electron chi connectivity index (χ3n) is 15.0. The smallest absolute Gasteiger partial charge is 0.306 e. The first-order valence-corrected chi connectivity index (χ1v) is 32.2. The minimum absolute atomic E-state index is 0.0618. The van der Waals surface area contributed by atoms with Gasteiger partial charge in [-0.25, -0.2) is 0 Å². The van der Waals surface area contributed by atoms with Crippen molar-refractivity contribution in [2.75, 3.05) is 13.2 Å². The number of hydrogen-bond acceptors (Lipinski definition) is 6. The minimum atomic E-state index is -0.764. The molecule has 0 fully saturated rings. The molecule has 0 aromatic heterocycles. The molecule has 0 aliphatic heterocycles. The molecule has 6 nitrogen and oxygen atoms in total. The molecule has 1 atom stereocenters. The number of carbonyl (C=O) groups excluding carboxylic acids is 3. The molecule has 6 heteroatoms. The summed E-state index contributed by atoms with van der Waals surface area (Å²) in [6.45, 7) is 11.5. The Morgan fingerprint density at radius 2 is 0.465 bits per heavy atom. The molecule has 0 unspecified atom stereocenters. The van der Waals surface area contributed by atoms with Crippen molar-refractivity contribution < 1.29 is 28.6 Å². The monoisotopic (exact) mass is 1000 g/mol. The van der Waals surface area contributed by atoms with Gasteiger partial charge in [0.1, 0.15) is 13.2 Å². The van der Waals surface area contributed by atoms with Crippen LogP contribution in [0.25, 0.3) is 0 Å². The van der Waals surface area contributed by atoms with Gasteiger partial charge in [-0.05, 0) is 31.1 Å². The highest BCUT2D eigenvalue weighted by Gasteiger charge is 2.19. The van der Waals surface area contributed by atoms with E-state index in [1.807, 2.05) is 0 Å². The van der Waals surface area contributed by atoms with Gasteiger partial charge in [0, 0.05) is 19.3 Å². The number of rotatable bonds is 59. The lowest BCUT2D eigenvalue weighted by Crippen LogP contribution is -2.30. The predicted molar refractivity (Wildman–Crippen MR) is 307 cm³/mol. The van der Waals surface area contributed by atoms with E-state index in [0.717, 1.165) is 69.6 Å². The maximum atomic E-state index is 12.9. The summed E-state index contributed by atoms with van der Waals surface area (Å²) in [7, 11) is 0. The molecular weight excluding hydrogens is 877 g/mol. The summed E-state index contributed by atoms with van der Waals surface area (Å²) in [5.74, 6) is 0.862. The van der Waals surface area contributed by atoms with Crippen LogP contribution in [0.4, 0.5) is 0 Å². The van der Waals surface area contributed by atoms with Crippen LogP contribution in [0.5, 0.6) is 0 Å². The largest absolute Gasteiger partial charge is 0.462 e. The predicted octanol–water partition coefficient (Wildman–Crippen LogP) is 21.6. The lowest BCUT2D eigenvalue weighted by molar-refractivity contribution is -0.167. The summed E-state index contributed by atoms with van der Waals surface area (Å²) < 4.78 is 17.0. The zero-order chi connectivity index (χ0) is 51.8. The second-order valence-electron chi connectivity index (χ2n) is 23.4. The van der Waals surface area contributed by atoms with Gasteiger partial charge in [-0.15, -0.1) is 0 Å². The van der Waals surface area contributed by atoms with Crippen molar-refractivity contribution in [1.82, 2.24) is 0 Å². The highest BCUT2D eigenvalue weighted by atomic mass is 16.6. The Bertz CT molecular complexity index is 1090. The van der Waals surface area contributed by atoms with Crippen molar-refractivity contribution in [3.63, 3.8) is 0 Å². The van der Waals surface area contributed by atoms with Crippen molar-refractivity contribution >= 4 is 17.9 Å². The molecule has 0 radical (unpaired) electrons. The molecule has 0 N–H and O–H groups in total. The SMILES string of the molecule is CCCCCCCCCCCCCCCCCCCC(=O)O[C@@H](COC(=O)CCCCCCCCCCCCCCCCCCCCC(C)C)COC(=O)CCCCCCCCCCCCCCC(C)C. The van der Waals surface area contributed by atoms with Crippen LogP contribution >= 0.6 is 0 Å². The van der Waals surface area contributed by atoms with Crippen molar-refractivity contribution in [2.24, 2.45) is 11.8 Å². The number of esters is 3. The highest BCUT2D eigenvalue weighted by molar-refractivity contribution is 5.71. The number of hydrogen-bond donors (Lipinski definition) is 0. The lowest BCUT2D eigenvalue weighted by Gasteiger charge is -2.18. The normalized spacial score (nSPS) is 12.0. The molecule has 422 valence electrons. The second kappa shape index (κ2) is 57.7. The van der Waals surface area contributed by atoms with Crippen LogP contribution in [-0.4, -0.2) is 37.2 Å². The molecule has 0 saturated heterocycles. The topological polar surface area (TPSA) is 78.9 Å². The van der Waals surface area contributed by atoms with Gasteiger partial charge in [-0.3, -0.25) is 14.4 Å². The van der Waals surface area contributed by atoms with Crippen LogP contribution in [0.2, 0.25) is 0 Å². The van der Waals surface area contributed by atoms with Crippen LogP contribution in [0.1, 0.15) is 369 Å². The van der Waals surface area contributed by atoms with Crippen molar-refractivity contribution in [1.29, 1.82) is 0 Å². The van der Waals surface area contributed by atoms with E-state index in [1.54, 1.807) is 0 Å². The highest BCUT2D eigenvalue weighted by Crippen LogP contribution is 2.19. The van der Waals surface area contributed by atoms with E-state index in [1.165, 1.54) is 257 Å². The van der Waals surface area contributed by atoms with E-state index in [4.69, 9.17) is 14.2 Å². The third-order valence-corrected chi connectivity index (χ3v) is 15.0. The molecule has 0 aromatic carbocycles. The van der Waals surface area contributed by atoms with Crippen LogP contribution in [-0.2, 0) is 28.6 Å². The Morgan fingerprint density at radius 1 is 0.268 bits per heavy atom. The fourth-order valence-corrected chi connectivity index (χ4v) is 10.1. The molecule has 71 heavy (non-hydrogen) atoms. The summed E-state index contributed by atoms with van der Waals surface area (Å²) in [6.07, 6.45) is 63.9. The quantitative estimate of drug-likeness (QED) is 0.0343. The summed E-state index contributed by atoms with van der Waals surface area (Å²) in [5.41, 5.74) is 0. The van der Waals surface area contributed by atoms with Crippen LogP contribution in [0.3, 0.4) is 0 Å². The van der Waals surface area contributed by atoms with E-state index >= 15 is 0 Å². The van der Waals surface area contributed by atoms with E-state index in [9.17, 15) is 14.4 Å². The van der Waals surface area contributed by atoms with Gasteiger partial charge in [0.2, 0.25) is 0 Å². The van der Waals surface area contributed by atoms with Gasteiger partial charge in [0.25, 0.3) is 0 Å². The van der Waals surface area contributed by atoms with Crippen molar-refractivity contribution in [3.05, 3.63) is 0 Å². The van der Waals surface area contributed by atoms with Crippen LogP contribution in [0.15, 0.2) is 0 Å². The molecule has 0 bridgehead atoms. The molecular formula is C65H126O6. The van der Waals surface area contributed by atoms with Gasteiger partial charge in [0.15, 0.2) is 6.10 Å². The maximum Gasteiger partial charge on any atom is 0.306 e. The summed E-state index contributed by atoms with van der Waals surface area (Å²) in [5, 5.41) is 0. The minimum Gasteiger partial charge on any atom is -0.462 e. The second-order valence-corrected chi connectivity index (χ2v) is 23.4. The van der Waals surface area contributed by atoms with E-state index in [-0.39, 0.29) is 31.1 Å². The van der Waals surface area contributed by atoms with E-state index < -0.39 is 6.10 Å². The van der Waals surface area contributed by atoms with Gasteiger partial charge in [-0.2, -0.15) is 0 Å². The Hall–Kier alpha value is -1.59. The average molecular weight is 1000 g/mol. The summed E-state index contributed by atoms with van der Waals surface area (Å²) in [4.78, 5) is 38.3. The fraction of sp³-hybridized carbons (Fsp3) is 0.954. The van der Waals surface area contributed by atoms with Crippen LogP contribution in [0, 0.1) is 11.8 Å². The zero-order valence-electron chi connectivity index (χ0n) is 48.9. The Balaban J connectivity index is 4.26. The maximum absolute atomic E-state index is 12.9. The molecule has 0 aliphatic carbocycles. The van der Waals surface area contributed by atoms with Gasteiger partial charge >= 0.3 is 17.9 Å². The Kier molecular flexibility index (Phi) is 56.4. The lowest BCUT2D eigenvalue weighted by atomic mass is 10.0. The molecule has 0 amide bonds. The number of unbranched alkanes of at least 4 members (excludes halogenated alkanes) is 44. The molecule has 0 heterocycles. The summed E-state index contributed by atoms with van der Waals surface area (Å²) in [6, 6.07) is 0. The van der Waals surface area contributed by atoms with Gasteiger partial charge in [0.05, 0.1) is 0 Å². The summed E-state index contributed by atoms with van der Waals surface area (Å²) >= 11 is 0. The Morgan fingerprint density at radius 3 is 0.690 bits per heavy atom. The standard InChI is InChI=1S/C65H126O6/c1-6-7-8-9-10-11-12-13-14-17-22-25-32-37-42-47-52-57-65(68)71-62(59-70-64(67)56-51-46-41-36-31-27-26-29-34-39-44-49-54-61(4)5)58-69-63(66)55-50-45-40-35-30-24-21-19-16-15-18-20-23-28-33-38-43-48-53-60(2)3/h60-62H,6-59H2,1-5H3/t62-/m0/s1. The molecule has 0 aromatic rings. The van der Waals surface area contributed by atoms with Gasteiger partial charge < -0.3 is 14.2 Å². The third kappa shape index (κ3) is 59.2.